The van der Waals surface area contributed by atoms with Crippen LogP contribution < -0.4 is 9.47 Å². The summed E-state index contributed by atoms with van der Waals surface area (Å²) in [5, 5.41) is 0. The minimum Gasteiger partial charge on any atom is -0.494 e. The summed E-state index contributed by atoms with van der Waals surface area (Å²) < 4.78 is 27.6. The summed E-state index contributed by atoms with van der Waals surface area (Å²) in [5.74, 6) is 6.71. The van der Waals surface area contributed by atoms with Crippen LogP contribution in [0.2, 0.25) is 0 Å². The van der Waals surface area contributed by atoms with E-state index in [2.05, 4.69) is 16.2 Å². The van der Waals surface area contributed by atoms with E-state index in [1.807, 2.05) is 29.4 Å². The first kappa shape index (κ1) is 24.9. The molecule has 2 aliphatic rings. The number of benzene rings is 2. The van der Waals surface area contributed by atoms with E-state index in [0.717, 1.165) is 60.4 Å². The summed E-state index contributed by atoms with van der Waals surface area (Å²) >= 11 is 0. The van der Waals surface area contributed by atoms with Crippen LogP contribution in [0, 0.1) is 17.7 Å². The zero-order valence-corrected chi connectivity index (χ0v) is 22.0. The molecule has 1 saturated carbocycles. The van der Waals surface area contributed by atoms with Gasteiger partial charge in [0, 0.05) is 30.4 Å². The van der Waals surface area contributed by atoms with Gasteiger partial charge >= 0.3 is 0 Å². The molecule has 3 heterocycles. The van der Waals surface area contributed by atoms with Crippen LogP contribution in [0.25, 0.3) is 16.8 Å². The molecule has 0 spiro atoms. The maximum absolute atomic E-state index is 14.6. The zero-order chi connectivity index (χ0) is 26.9. The molecule has 198 valence electrons. The zero-order valence-electron chi connectivity index (χ0n) is 22.0. The summed E-state index contributed by atoms with van der Waals surface area (Å²) in [5.41, 5.74) is 3.72. The number of carbonyl (C=O) groups excluding carboxylic acids is 1. The average Bonchev–Trinajstić information content (AvgIpc) is 3.74. The Balaban J connectivity index is 1.41. The monoisotopic (exact) mass is 524 g/mol. The normalized spacial score (nSPS) is 17.0. The summed E-state index contributed by atoms with van der Waals surface area (Å²) in [6.07, 6.45) is 8.78. The van der Waals surface area contributed by atoms with Crippen LogP contribution in [0.1, 0.15) is 62.5 Å². The number of amides is 1. The molecule has 1 saturated heterocycles. The van der Waals surface area contributed by atoms with E-state index >= 15 is 0 Å². The molecule has 2 aromatic carbocycles. The SMILES string of the molecule is CC#CC(=O)N1CCCC[C@@H]1c1nc(-c2ccc(Oc3cccc(OC)c3F)cc2)c2c(C3CC3)nccn12. The van der Waals surface area contributed by atoms with E-state index in [0.29, 0.717) is 18.2 Å². The Morgan fingerprint density at radius 3 is 2.62 bits per heavy atom. The van der Waals surface area contributed by atoms with Crippen LogP contribution in [0.4, 0.5) is 4.39 Å². The first-order chi connectivity index (χ1) is 19.1. The number of rotatable bonds is 6. The molecule has 8 heteroatoms. The molecular weight excluding hydrogens is 495 g/mol. The Morgan fingerprint density at radius 1 is 1.08 bits per heavy atom. The number of ether oxygens (including phenoxy) is 2. The maximum atomic E-state index is 14.6. The lowest BCUT2D eigenvalue weighted by Gasteiger charge is -2.33. The number of aromatic nitrogens is 3. The standard InChI is InChI=1S/C31H29FN4O3/c1-3-7-26(37)35-18-5-4-8-23(35)31-34-29(30-28(20-11-12-20)33-17-19-36(30)31)21-13-15-22(16-14-21)39-25-10-6-9-24(38-2)27(25)32/h6,9-10,13-17,19-20,23H,4-5,8,11-12,18H2,1-2H3/t23-/m1/s1. The Morgan fingerprint density at radius 2 is 1.87 bits per heavy atom. The fraction of sp³-hybridized carbons (Fsp3) is 0.323. The number of imidazole rings is 1. The maximum Gasteiger partial charge on any atom is 0.299 e. The lowest BCUT2D eigenvalue weighted by Crippen LogP contribution is -2.38. The van der Waals surface area contributed by atoms with Gasteiger partial charge in [0.2, 0.25) is 5.82 Å². The van der Waals surface area contributed by atoms with Gasteiger partial charge in [0.25, 0.3) is 5.91 Å². The van der Waals surface area contributed by atoms with Crippen LogP contribution in [-0.2, 0) is 4.79 Å². The Hall–Kier alpha value is -4.38. The summed E-state index contributed by atoms with van der Waals surface area (Å²) in [6, 6.07) is 12.1. The molecule has 2 fully saturated rings. The van der Waals surface area contributed by atoms with Gasteiger partial charge in [0.1, 0.15) is 11.6 Å². The Bertz CT molecular complexity index is 1600. The molecule has 0 bridgehead atoms. The first-order valence-corrected chi connectivity index (χ1v) is 13.3. The second kappa shape index (κ2) is 10.4. The van der Waals surface area contributed by atoms with Crippen LogP contribution in [0.3, 0.4) is 0 Å². The summed E-state index contributed by atoms with van der Waals surface area (Å²) in [6.45, 7) is 2.35. The van der Waals surface area contributed by atoms with Gasteiger partial charge in [-0.25, -0.2) is 4.98 Å². The number of hydrogen-bond donors (Lipinski definition) is 0. The number of nitrogens with zero attached hydrogens (tertiary/aromatic N) is 4. The van der Waals surface area contributed by atoms with Crippen LogP contribution in [0.5, 0.6) is 17.2 Å². The molecule has 2 aromatic heterocycles. The molecule has 4 aromatic rings. The molecule has 1 aliphatic carbocycles. The van der Waals surface area contributed by atoms with Gasteiger partial charge in [0.15, 0.2) is 11.5 Å². The van der Waals surface area contributed by atoms with E-state index in [1.54, 1.807) is 37.3 Å². The minimum absolute atomic E-state index is 0.0919. The van der Waals surface area contributed by atoms with Crippen molar-refractivity contribution in [2.45, 2.75) is 51.0 Å². The van der Waals surface area contributed by atoms with E-state index in [9.17, 15) is 9.18 Å². The highest BCUT2D eigenvalue weighted by atomic mass is 19.1. The molecular formula is C31H29FN4O3. The third kappa shape index (κ3) is 4.69. The second-order valence-corrected chi connectivity index (χ2v) is 9.91. The van der Waals surface area contributed by atoms with Gasteiger partial charge in [0.05, 0.1) is 30.1 Å². The highest BCUT2D eigenvalue weighted by Crippen LogP contribution is 2.44. The predicted octanol–water partition coefficient (Wildman–Crippen LogP) is 6.29. The third-order valence-corrected chi connectivity index (χ3v) is 7.37. The molecule has 39 heavy (non-hydrogen) atoms. The van der Waals surface area contributed by atoms with Gasteiger partial charge < -0.3 is 14.4 Å². The largest absolute Gasteiger partial charge is 0.494 e. The van der Waals surface area contributed by atoms with Crippen molar-refractivity contribution in [1.29, 1.82) is 0 Å². The van der Waals surface area contributed by atoms with Crippen LogP contribution in [-0.4, -0.2) is 38.8 Å². The third-order valence-electron chi connectivity index (χ3n) is 7.37. The molecule has 0 radical (unpaired) electrons. The van der Waals surface area contributed by atoms with Crippen molar-refractivity contribution in [3.05, 3.63) is 72.2 Å². The van der Waals surface area contributed by atoms with E-state index in [-0.39, 0.29) is 23.4 Å². The fourth-order valence-corrected chi connectivity index (χ4v) is 5.34. The lowest BCUT2D eigenvalue weighted by molar-refractivity contribution is -0.129. The number of methoxy groups -OCH3 is 1. The predicted molar refractivity (Wildman–Crippen MR) is 145 cm³/mol. The number of fused-ring (bicyclic) bond motifs is 1. The Kier molecular flexibility index (Phi) is 6.65. The molecule has 7 nitrogen and oxygen atoms in total. The van der Waals surface area contributed by atoms with Gasteiger partial charge in [-0.3, -0.25) is 14.2 Å². The Labute approximate surface area is 226 Å². The number of hydrogen-bond acceptors (Lipinski definition) is 5. The van der Waals surface area contributed by atoms with Crippen LogP contribution >= 0.6 is 0 Å². The second-order valence-electron chi connectivity index (χ2n) is 9.91. The molecule has 0 N–H and O–H groups in total. The van der Waals surface area contributed by atoms with Gasteiger partial charge in [-0.15, -0.1) is 0 Å². The summed E-state index contributed by atoms with van der Waals surface area (Å²) in [4.78, 5) is 24.7. The average molecular weight is 525 g/mol. The van der Waals surface area contributed by atoms with Gasteiger partial charge in [-0.2, -0.15) is 4.39 Å². The summed E-state index contributed by atoms with van der Waals surface area (Å²) in [7, 11) is 1.42. The molecule has 0 unspecified atom stereocenters. The van der Waals surface area contributed by atoms with E-state index in [1.165, 1.54) is 7.11 Å². The van der Waals surface area contributed by atoms with E-state index < -0.39 is 5.82 Å². The molecule has 6 rings (SSSR count). The van der Waals surface area contributed by atoms with Crippen molar-refractivity contribution in [3.63, 3.8) is 0 Å². The smallest absolute Gasteiger partial charge is 0.299 e. The molecule has 1 amide bonds. The van der Waals surface area contributed by atoms with Crippen molar-refractivity contribution in [2.24, 2.45) is 0 Å². The first-order valence-electron chi connectivity index (χ1n) is 13.3. The number of halogens is 1. The fourth-order valence-electron chi connectivity index (χ4n) is 5.34. The molecule has 1 atom stereocenters. The quantitative estimate of drug-likeness (QED) is 0.277. The van der Waals surface area contributed by atoms with Crippen molar-refractivity contribution in [3.8, 4) is 40.3 Å². The van der Waals surface area contributed by atoms with Crippen molar-refractivity contribution in [1.82, 2.24) is 19.3 Å². The topological polar surface area (TPSA) is 69.0 Å². The van der Waals surface area contributed by atoms with Crippen molar-refractivity contribution >= 4 is 11.4 Å². The van der Waals surface area contributed by atoms with Gasteiger partial charge in [-0.05, 0) is 81.3 Å². The number of carbonyl (C=O) groups is 1. The van der Waals surface area contributed by atoms with Gasteiger partial charge in [-0.1, -0.05) is 12.0 Å². The minimum atomic E-state index is -0.548. The van der Waals surface area contributed by atoms with E-state index in [4.69, 9.17) is 19.4 Å². The van der Waals surface area contributed by atoms with Crippen LogP contribution in [0.15, 0.2) is 54.9 Å². The number of piperidine rings is 1. The molecule has 1 aliphatic heterocycles. The lowest BCUT2D eigenvalue weighted by atomic mass is 10.0. The highest BCUT2D eigenvalue weighted by Gasteiger charge is 2.34. The highest BCUT2D eigenvalue weighted by molar-refractivity contribution is 5.93. The number of likely N-dealkylation sites (tertiary alicyclic amines) is 1. The van der Waals surface area contributed by atoms with Crippen molar-refractivity contribution in [2.75, 3.05) is 13.7 Å². The van der Waals surface area contributed by atoms with Crippen molar-refractivity contribution < 1.29 is 18.7 Å².